The molecule has 4 N–H and O–H groups in total. The number of amides is 2. The fourth-order valence-corrected chi connectivity index (χ4v) is 7.51. The number of aromatic amines is 1. The molecule has 0 spiro atoms. The Morgan fingerprint density at radius 2 is 1.61 bits per heavy atom. The third-order valence-corrected chi connectivity index (χ3v) is 10.3. The SMILES string of the molecule is CCNC(=O)NCc1cccc(-c2cccc([C@H]3O[C@@H](CN4CCC(n5c(=O)[nH]c6ccccc65)CC4)[C@@H](C)[C@@H](c4ccc(CO)cc4)O3)c2)c1. The largest absolute Gasteiger partial charge is 0.392 e. The lowest BCUT2D eigenvalue weighted by Crippen LogP contribution is -2.47. The summed E-state index contributed by atoms with van der Waals surface area (Å²) in [5.41, 5.74) is 7.73. The number of nitrogens with zero attached hydrogens (tertiary/aromatic N) is 2. The van der Waals surface area contributed by atoms with Crippen LogP contribution in [0, 0.1) is 5.92 Å². The van der Waals surface area contributed by atoms with Crippen molar-refractivity contribution in [3.63, 3.8) is 0 Å². The number of para-hydroxylation sites is 2. The summed E-state index contributed by atoms with van der Waals surface area (Å²) in [6, 6.07) is 32.4. The highest BCUT2D eigenvalue weighted by atomic mass is 16.7. The van der Waals surface area contributed by atoms with Crippen molar-refractivity contribution in [3.8, 4) is 11.1 Å². The third kappa shape index (κ3) is 7.79. The van der Waals surface area contributed by atoms with E-state index in [-0.39, 0.29) is 42.5 Å². The number of aromatic nitrogens is 2. The lowest BCUT2D eigenvalue weighted by molar-refractivity contribution is -0.276. The van der Waals surface area contributed by atoms with E-state index < -0.39 is 6.29 Å². The Bertz CT molecular complexity index is 2000. The van der Waals surface area contributed by atoms with Gasteiger partial charge in [0.15, 0.2) is 6.29 Å². The van der Waals surface area contributed by atoms with E-state index in [0.29, 0.717) is 13.1 Å². The molecule has 10 nitrogen and oxygen atoms in total. The number of H-pyrrole nitrogens is 1. The van der Waals surface area contributed by atoms with E-state index in [1.54, 1.807) is 0 Å². The van der Waals surface area contributed by atoms with E-state index in [1.165, 1.54) is 0 Å². The van der Waals surface area contributed by atoms with Gasteiger partial charge in [-0.25, -0.2) is 9.59 Å². The van der Waals surface area contributed by atoms with Gasteiger partial charge in [-0.15, -0.1) is 0 Å². The van der Waals surface area contributed by atoms with Gasteiger partial charge in [0.05, 0.1) is 29.8 Å². The molecule has 0 aliphatic carbocycles. The molecule has 0 unspecified atom stereocenters. The number of rotatable bonds is 10. The molecule has 0 bridgehead atoms. The van der Waals surface area contributed by atoms with Crippen molar-refractivity contribution in [2.45, 2.75) is 64.4 Å². The second-order valence-electron chi connectivity index (χ2n) is 13.7. The Morgan fingerprint density at radius 3 is 2.37 bits per heavy atom. The Morgan fingerprint density at radius 1 is 0.863 bits per heavy atom. The minimum absolute atomic E-state index is 0.00760. The molecule has 2 fully saturated rings. The van der Waals surface area contributed by atoms with E-state index >= 15 is 0 Å². The van der Waals surface area contributed by atoms with Crippen molar-refractivity contribution in [2.24, 2.45) is 5.92 Å². The van der Waals surface area contributed by atoms with E-state index in [0.717, 1.165) is 76.9 Å². The van der Waals surface area contributed by atoms with Crippen LogP contribution in [0.15, 0.2) is 102 Å². The summed E-state index contributed by atoms with van der Waals surface area (Å²) in [6.45, 7) is 7.57. The van der Waals surface area contributed by atoms with Gasteiger partial charge >= 0.3 is 11.7 Å². The fourth-order valence-electron chi connectivity index (χ4n) is 7.51. The van der Waals surface area contributed by atoms with Crippen LogP contribution in [-0.2, 0) is 22.6 Å². The number of fused-ring (bicyclic) bond motifs is 1. The summed E-state index contributed by atoms with van der Waals surface area (Å²) in [7, 11) is 0. The zero-order chi connectivity index (χ0) is 35.3. The lowest BCUT2D eigenvalue weighted by Gasteiger charge is -2.44. The molecule has 7 rings (SSSR count). The molecule has 10 heteroatoms. The molecule has 2 aliphatic heterocycles. The predicted octanol–water partition coefficient (Wildman–Crippen LogP) is 6.44. The van der Waals surface area contributed by atoms with Crippen LogP contribution in [0.2, 0.25) is 0 Å². The molecule has 0 saturated carbocycles. The van der Waals surface area contributed by atoms with Crippen LogP contribution >= 0.6 is 0 Å². The Hall–Kier alpha value is -4.74. The second-order valence-corrected chi connectivity index (χ2v) is 13.7. The maximum absolute atomic E-state index is 12.9. The smallest absolute Gasteiger partial charge is 0.326 e. The number of likely N-dealkylation sites (tertiary alicyclic amines) is 1. The molecule has 2 saturated heterocycles. The summed E-state index contributed by atoms with van der Waals surface area (Å²) in [5.74, 6) is 0.0625. The Kier molecular flexibility index (Phi) is 10.6. The highest BCUT2D eigenvalue weighted by Gasteiger charge is 2.39. The van der Waals surface area contributed by atoms with Gasteiger partial charge in [-0.3, -0.25) is 4.57 Å². The zero-order valence-corrected chi connectivity index (χ0v) is 29.3. The van der Waals surface area contributed by atoms with Crippen LogP contribution < -0.4 is 16.3 Å². The van der Waals surface area contributed by atoms with Crippen LogP contribution in [0.1, 0.15) is 67.4 Å². The predicted molar refractivity (Wildman–Crippen MR) is 198 cm³/mol. The maximum Gasteiger partial charge on any atom is 0.326 e. The monoisotopic (exact) mass is 689 g/mol. The highest BCUT2D eigenvalue weighted by Crippen LogP contribution is 2.43. The first kappa shape index (κ1) is 34.7. The number of nitrogens with one attached hydrogen (secondary N) is 3. The van der Waals surface area contributed by atoms with Gasteiger partial charge in [0, 0.05) is 50.2 Å². The Balaban J connectivity index is 1.10. The van der Waals surface area contributed by atoms with E-state index in [2.05, 4.69) is 57.8 Å². The number of hydrogen-bond donors (Lipinski definition) is 4. The summed E-state index contributed by atoms with van der Waals surface area (Å²) < 4.78 is 15.6. The van der Waals surface area contributed by atoms with Crippen molar-refractivity contribution in [3.05, 3.63) is 130 Å². The van der Waals surface area contributed by atoms with E-state index in [9.17, 15) is 14.7 Å². The number of ether oxygens (including phenoxy) is 2. The topological polar surface area (TPSA) is 121 Å². The van der Waals surface area contributed by atoms with Crippen LogP contribution in [-0.4, -0.2) is 57.9 Å². The van der Waals surface area contributed by atoms with Gasteiger partial charge in [-0.05, 0) is 71.8 Å². The number of imidazole rings is 1. The van der Waals surface area contributed by atoms with Crippen molar-refractivity contribution in [1.29, 1.82) is 0 Å². The van der Waals surface area contributed by atoms with Gasteiger partial charge in [0.2, 0.25) is 0 Å². The van der Waals surface area contributed by atoms with Gasteiger partial charge in [-0.1, -0.05) is 79.7 Å². The standard InChI is InChI=1S/C41H47N5O5/c1-3-42-40(48)43-24-29-8-6-9-31(22-29)32-10-7-11-33(23-32)39-50-37(27(2)38(51-39)30-16-14-28(26-47)15-17-30)25-45-20-18-34(19-21-45)46-36-13-5-4-12-35(36)44-41(46)49/h4-17,22-23,27,34,37-39,47H,3,18-21,24-26H2,1-2H3,(H,44,49)(H2,42,43,48)/t27-,37+,38+,39+/m1/s1. The van der Waals surface area contributed by atoms with Gasteiger partial charge in [-0.2, -0.15) is 0 Å². The van der Waals surface area contributed by atoms with Crippen molar-refractivity contribution >= 4 is 17.1 Å². The second kappa shape index (κ2) is 15.7. The Labute approximate surface area is 298 Å². The minimum atomic E-state index is -0.585. The highest BCUT2D eigenvalue weighted by molar-refractivity contribution is 5.75. The molecule has 1 aromatic heterocycles. The van der Waals surface area contributed by atoms with Crippen LogP contribution in [0.5, 0.6) is 0 Å². The number of aliphatic hydroxyl groups is 1. The molecule has 4 aromatic carbocycles. The molecule has 5 aromatic rings. The fraction of sp³-hybridized carbons (Fsp3) is 0.366. The molecule has 51 heavy (non-hydrogen) atoms. The molecule has 2 amide bonds. The molecule has 4 atom stereocenters. The number of urea groups is 1. The summed E-state index contributed by atoms with van der Waals surface area (Å²) in [4.78, 5) is 30.3. The molecule has 3 heterocycles. The lowest BCUT2D eigenvalue weighted by atomic mass is 9.89. The number of piperidine rings is 1. The maximum atomic E-state index is 12.9. The number of carbonyl (C=O) groups is 1. The number of aliphatic hydroxyl groups excluding tert-OH is 1. The van der Waals surface area contributed by atoms with Gasteiger partial charge in [0.1, 0.15) is 0 Å². The molecule has 0 radical (unpaired) electrons. The summed E-state index contributed by atoms with van der Waals surface area (Å²) in [5, 5.41) is 15.3. The molecule has 2 aliphatic rings. The summed E-state index contributed by atoms with van der Waals surface area (Å²) >= 11 is 0. The zero-order valence-electron chi connectivity index (χ0n) is 29.3. The number of carbonyl (C=O) groups excluding carboxylic acids is 1. The number of benzene rings is 4. The van der Waals surface area contributed by atoms with Crippen LogP contribution in [0.4, 0.5) is 4.79 Å². The summed E-state index contributed by atoms with van der Waals surface area (Å²) in [6.07, 6.45) is 0.865. The van der Waals surface area contributed by atoms with Crippen molar-refractivity contribution in [2.75, 3.05) is 26.2 Å². The van der Waals surface area contributed by atoms with Crippen molar-refractivity contribution in [1.82, 2.24) is 25.1 Å². The first-order valence-corrected chi connectivity index (χ1v) is 18.0. The molecule has 266 valence electrons. The normalized spacial score (nSPS) is 21.5. The van der Waals surface area contributed by atoms with Gasteiger partial charge < -0.3 is 35.1 Å². The first-order valence-electron chi connectivity index (χ1n) is 18.0. The van der Waals surface area contributed by atoms with E-state index in [4.69, 9.17) is 9.47 Å². The average molecular weight is 690 g/mol. The van der Waals surface area contributed by atoms with E-state index in [1.807, 2.05) is 78.2 Å². The molecular formula is C41H47N5O5. The van der Waals surface area contributed by atoms with Crippen LogP contribution in [0.25, 0.3) is 22.2 Å². The number of hydrogen-bond acceptors (Lipinski definition) is 6. The average Bonchev–Trinajstić information content (AvgIpc) is 3.51. The first-order chi connectivity index (χ1) is 24.9. The van der Waals surface area contributed by atoms with Gasteiger partial charge in [0.25, 0.3) is 0 Å². The minimum Gasteiger partial charge on any atom is -0.392 e. The quantitative estimate of drug-likeness (QED) is 0.134. The van der Waals surface area contributed by atoms with Crippen molar-refractivity contribution < 1.29 is 19.4 Å². The molecular weight excluding hydrogens is 642 g/mol. The van der Waals surface area contributed by atoms with Crippen LogP contribution in [0.3, 0.4) is 0 Å². The third-order valence-electron chi connectivity index (χ3n) is 10.3.